The van der Waals surface area contributed by atoms with E-state index in [1.54, 1.807) is 12.1 Å². The molecule has 2 aromatic carbocycles. The molecule has 1 atom stereocenters. The van der Waals surface area contributed by atoms with Crippen LogP contribution in [0.2, 0.25) is 0 Å². The van der Waals surface area contributed by atoms with Crippen LogP contribution >= 0.6 is 0 Å². The first kappa shape index (κ1) is 18.3. The number of amides is 1. The van der Waals surface area contributed by atoms with Crippen LogP contribution in [0.15, 0.2) is 66.1 Å². The van der Waals surface area contributed by atoms with Crippen LogP contribution in [-0.2, 0) is 11.2 Å². The lowest BCUT2D eigenvalue weighted by Crippen LogP contribution is -2.76. The second-order valence-corrected chi connectivity index (χ2v) is 7.40. The summed E-state index contributed by atoms with van der Waals surface area (Å²) in [7, 11) is 0. The number of unbranched alkanes of at least 4 members (excludes halogenated alkanes) is 1. The molecule has 2 heterocycles. The van der Waals surface area contributed by atoms with E-state index in [1.807, 2.05) is 35.2 Å². The largest absolute Gasteiger partial charge is 0.508 e. The fourth-order valence-corrected chi connectivity index (χ4v) is 3.81. The highest BCUT2D eigenvalue weighted by molar-refractivity contribution is 6.01. The molecule has 0 saturated carbocycles. The highest BCUT2D eigenvalue weighted by atomic mass is 16.3. The van der Waals surface area contributed by atoms with E-state index in [2.05, 4.69) is 29.4 Å². The van der Waals surface area contributed by atoms with Crippen LogP contribution in [0, 0.1) is 0 Å². The second-order valence-electron chi connectivity index (χ2n) is 7.40. The van der Waals surface area contributed by atoms with Crippen LogP contribution in [-0.4, -0.2) is 34.2 Å². The van der Waals surface area contributed by atoms with Gasteiger partial charge in [-0.15, -0.1) is 0 Å². The maximum absolute atomic E-state index is 13.0. The Hall–Kier alpha value is -3.08. The molecule has 1 unspecified atom stereocenters. The van der Waals surface area contributed by atoms with Crippen LogP contribution in [0.5, 0.6) is 5.75 Å². The molecule has 1 fully saturated rings. The summed E-state index contributed by atoms with van der Waals surface area (Å²) in [5, 5.41) is 13.1. The Bertz CT molecular complexity index is 917. The van der Waals surface area contributed by atoms with Crippen molar-refractivity contribution in [2.24, 2.45) is 0 Å². The summed E-state index contributed by atoms with van der Waals surface area (Å²) < 4.78 is 0. The number of carbonyl (C=O) groups is 1. The number of fused-ring (bicyclic) bond motifs is 1. The minimum absolute atomic E-state index is 0.145. The van der Waals surface area contributed by atoms with Gasteiger partial charge in [0.1, 0.15) is 18.3 Å². The summed E-state index contributed by atoms with van der Waals surface area (Å²) >= 11 is 0. The van der Waals surface area contributed by atoms with Gasteiger partial charge in [0.15, 0.2) is 5.82 Å². The first-order chi connectivity index (χ1) is 13.7. The van der Waals surface area contributed by atoms with Crippen molar-refractivity contribution in [1.82, 2.24) is 10.2 Å². The minimum atomic E-state index is -0.151. The zero-order chi connectivity index (χ0) is 19.5. The molecular formula is C23H26N3O2+. The fraction of sp³-hybridized carbons (Fsp3) is 0.304. The summed E-state index contributed by atoms with van der Waals surface area (Å²) in [6.07, 6.45) is 3.67. The second kappa shape index (κ2) is 7.89. The van der Waals surface area contributed by atoms with Crippen LogP contribution in [0.4, 0.5) is 0 Å². The van der Waals surface area contributed by atoms with Gasteiger partial charge in [-0.3, -0.25) is 9.69 Å². The molecule has 144 valence electrons. The van der Waals surface area contributed by atoms with Crippen LogP contribution < -0.4 is 10.3 Å². The van der Waals surface area contributed by atoms with Gasteiger partial charge in [-0.05, 0) is 36.2 Å². The van der Waals surface area contributed by atoms with E-state index in [0.717, 1.165) is 48.5 Å². The third-order valence-electron chi connectivity index (χ3n) is 5.33. The van der Waals surface area contributed by atoms with Gasteiger partial charge in [0.2, 0.25) is 11.4 Å². The first-order valence-electron chi connectivity index (χ1n) is 9.93. The number of hydrogen-bond donors (Lipinski definition) is 3. The van der Waals surface area contributed by atoms with Crippen LogP contribution in [0.3, 0.4) is 0 Å². The standard InChI is InChI=1S/C23H25N3O2/c1-2-3-9-19-23(28)26-15-21(17-10-12-18(27)13-11-17)24-20(22(26)25-19)14-16-7-5-4-6-8-16/h4-8,10-13,19,25,27H,2-3,9,14-15H2,1H3/p+1. The summed E-state index contributed by atoms with van der Waals surface area (Å²) in [5.41, 5.74) is 4.15. The van der Waals surface area contributed by atoms with E-state index >= 15 is 0 Å². The average molecular weight is 376 g/mol. The number of nitrogens with one attached hydrogen (secondary N) is 2. The molecule has 2 aromatic rings. The van der Waals surface area contributed by atoms with Crippen molar-refractivity contribution in [3.63, 3.8) is 0 Å². The van der Waals surface area contributed by atoms with Crippen molar-refractivity contribution in [1.29, 1.82) is 0 Å². The van der Waals surface area contributed by atoms with Gasteiger partial charge in [0.05, 0.1) is 6.42 Å². The topological polar surface area (TPSA) is 66.5 Å². The predicted octanol–water partition coefficient (Wildman–Crippen LogP) is 1.68. The molecule has 4 rings (SSSR count). The molecule has 28 heavy (non-hydrogen) atoms. The molecule has 2 aliphatic rings. The molecule has 0 radical (unpaired) electrons. The van der Waals surface area contributed by atoms with Crippen molar-refractivity contribution in [3.05, 3.63) is 77.2 Å². The zero-order valence-electron chi connectivity index (χ0n) is 16.1. The summed E-state index contributed by atoms with van der Waals surface area (Å²) in [6, 6.07) is 17.2. The number of benzene rings is 2. The van der Waals surface area contributed by atoms with E-state index in [1.165, 1.54) is 5.56 Å². The van der Waals surface area contributed by atoms with Gasteiger partial charge in [-0.25, -0.2) is 4.99 Å². The zero-order valence-corrected chi connectivity index (χ0v) is 16.1. The smallest absolute Gasteiger partial charge is 0.251 e. The van der Waals surface area contributed by atoms with E-state index in [0.29, 0.717) is 6.54 Å². The Kier molecular flexibility index (Phi) is 5.15. The monoisotopic (exact) mass is 376 g/mol. The fourth-order valence-electron chi connectivity index (χ4n) is 3.81. The quantitative estimate of drug-likeness (QED) is 0.719. The van der Waals surface area contributed by atoms with E-state index in [4.69, 9.17) is 0 Å². The molecule has 0 aliphatic carbocycles. The lowest BCUT2D eigenvalue weighted by Gasteiger charge is -2.20. The van der Waals surface area contributed by atoms with Crippen molar-refractivity contribution in [3.8, 4) is 5.75 Å². The van der Waals surface area contributed by atoms with Crippen molar-refractivity contribution < 1.29 is 14.9 Å². The van der Waals surface area contributed by atoms with Gasteiger partial charge < -0.3 is 10.4 Å². The molecule has 0 aromatic heterocycles. The summed E-state index contributed by atoms with van der Waals surface area (Å²) in [5.74, 6) is 1.28. The lowest BCUT2D eigenvalue weighted by atomic mass is 10.1. The van der Waals surface area contributed by atoms with Gasteiger partial charge in [-0.1, -0.05) is 50.1 Å². The van der Waals surface area contributed by atoms with E-state index in [9.17, 15) is 9.90 Å². The molecule has 1 amide bonds. The molecule has 5 heteroatoms. The normalized spacial score (nSPS) is 18.8. The van der Waals surface area contributed by atoms with E-state index in [-0.39, 0.29) is 17.7 Å². The molecule has 2 aliphatic heterocycles. The third kappa shape index (κ3) is 3.65. The Labute approximate surface area is 165 Å². The molecular weight excluding hydrogens is 350 g/mol. The van der Waals surface area contributed by atoms with Crippen molar-refractivity contribution in [2.75, 3.05) is 6.54 Å². The number of aromatic hydroxyl groups is 1. The number of phenols is 1. The molecule has 1 saturated heterocycles. The number of phenolic OH excluding ortho intramolecular Hbond substituents is 1. The third-order valence-corrected chi connectivity index (χ3v) is 5.33. The van der Waals surface area contributed by atoms with E-state index < -0.39 is 0 Å². The summed E-state index contributed by atoms with van der Waals surface area (Å²) in [6.45, 7) is 2.65. The summed E-state index contributed by atoms with van der Waals surface area (Å²) in [4.78, 5) is 18.5. The van der Waals surface area contributed by atoms with Gasteiger partial charge in [0.25, 0.3) is 5.91 Å². The number of hydrogen-bond acceptors (Lipinski definition) is 3. The van der Waals surface area contributed by atoms with Crippen LogP contribution in [0.1, 0.15) is 37.3 Å². The van der Waals surface area contributed by atoms with Gasteiger partial charge >= 0.3 is 0 Å². The number of carbonyl (C=O) groups excluding carboxylic acids is 1. The highest BCUT2D eigenvalue weighted by Gasteiger charge is 2.42. The van der Waals surface area contributed by atoms with Gasteiger partial charge in [0, 0.05) is 5.56 Å². The maximum atomic E-state index is 13.0. The Morgan fingerprint density at radius 1 is 1.14 bits per heavy atom. The Morgan fingerprint density at radius 2 is 1.89 bits per heavy atom. The van der Waals surface area contributed by atoms with Crippen molar-refractivity contribution >= 4 is 11.6 Å². The SMILES string of the molecule is CCCCC1NC2=C(Cc3ccccc3)[NH+]=C(c3ccc(O)cc3)CN2C1=O. The van der Waals surface area contributed by atoms with Gasteiger partial charge in [-0.2, -0.15) is 0 Å². The average Bonchev–Trinajstić information content (AvgIpc) is 3.04. The lowest BCUT2D eigenvalue weighted by molar-refractivity contribution is -0.406. The molecule has 0 bridgehead atoms. The maximum Gasteiger partial charge on any atom is 0.251 e. The molecule has 5 nitrogen and oxygen atoms in total. The minimum Gasteiger partial charge on any atom is -0.508 e. The first-order valence-corrected chi connectivity index (χ1v) is 9.93. The highest BCUT2D eigenvalue weighted by Crippen LogP contribution is 2.23. The molecule has 0 spiro atoms. The predicted molar refractivity (Wildman–Crippen MR) is 109 cm³/mol. The van der Waals surface area contributed by atoms with Crippen LogP contribution in [0.25, 0.3) is 0 Å². The molecule has 3 N–H and O–H groups in total. The number of allylic oxidation sites excluding steroid dienone is 1. The van der Waals surface area contributed by atoms with Crippen molar-refractivity contribution in [2.45, 2.75) is 38.6 Å². The Balaban J connectivity index is 1.69. The number of rotatable bonds is 6. The Morgan fingerprint density at radius 3 is 2.61 bits per heavy atom. The number of nitrogens with zero attached hydrogens (tertiary/aromatic N) is 1.